The van der Waals surface area contributed by atoms with Gasteiger partial charge < -0.3 is 15.5 Å². The third-order valence-corrected chi connectivity index (χ3v) is 4.53. The van der Waals surface area contributed by atoms with Crippen LogP contribution in [0.2, 0.25) is 10.0 Å². The predicted molar refractivity (Wildman–Crippen MR) is 104 cm³/mol. The van der Waals surface area contributed by atoms with Crippen LogP contribution in [0.3, 0.4) is 0 Å². The Labute approximate surface area is 164 Å². The fraction of sp³-hybridized carbons (Fsp3) is 0.500. The second-order valence-electron chi connectivity index (χ2n) is 5.80. The molecule has 0 saturated carbocycles. The second kappa shape index (κ2) is 10.8. The Balaban J connectivity index is 0.00000312. The van der Waals surface area contributed by atoms with E-state index in [1.54, 1.807) is 18.2 Å². The van der Waals surface area contributed by atoms with Crippen LogP contribution in [0, 0.1) is 0 Å². The number of hydrogen-bond acceptors (Lipinski definition) is 4. The first kappa shape index (κ1) is 22.0. The van der Waals surface area contributed by atoms with E-state index in [1.807, 2.05) is 16.8 Å². The van der Waals surface area contributed by atoms with Crippen LogP contribution in [-0.4, -0.2) is 67.9 Å². The molecule has 0 radical (unpaired) electrons. The van der Waals surface area contributed by atoms with E-state index >= 15 is 0 Å². The van der Waals surface area contributed by atoms with Crippen molar-refractivity contribution in [3.63, 3.8) is 0 Å². The van der Waals surface area contributed by atoms with Gasteiger partial charge in [0.25, 0.3) is 0 Å². The molecule has 2 amide bonds. The smallest absolute Gasteiger partial charge is 0.238 e. The quantitative estimate of drug-likeness (QED) is 0.755. The maximum atomic E-state index is 12.1. The molecule has 2 N–H and O–H groups in total. The van der Waals surface area contributed by atoms with Crippen molar-refractivity contribution in [1.82, 2.24) is 15.1 Å². The molecule has 1 aliphatic heterocycles. The Morgan fingerprint density at radius 2 is 1.92 bits per heavy atom. The number of nitrogens with one attached hydrogen (secondary N) is 2. The van der Waals surface area contributed by atoms with Gasteiger partial charge in [0.15, 0.2) is 0 Å². The molecular formula is C16H23Cl3N4O2. The highest BCUT2D eigenvalue weighted by atomic mass is 35.5. The summed E-state index contributed by atoms with van der Waals surface area (Å²) in [6.45, 7) is 3.93. The minimum atomic E-state index is -0.162. The van der Waals surface area contributed by atoms with Crippen LogP contribution in [0.4, 0.5) is 5.69 Å². The van der Waals surface area contributed by atoms with Crippen molar-refractivity contribution in [2.24, 2.45) is 0 Å². The van der Waals surface area contributed by atoms with Gasteiger partial charge in [-0.3, -0.25) is 14.5 Å². The summed E-state index contributed by atoms with van der Waals surface area (Å²) in [5.41, 5.74) is 0.597. The normalized spacial score (nSPS) is 14.2. The van der Waals surface area contributed by atoms with E-state index in [0.29, 0.717) is 28.7 Å². The minimum Gasteiger partial charge on any atom is -0.340 e. The fourth-order valence-corrected chi connectivity index (χ4v) is 2.76. The molecule has 1 aromatic rings. The summed E-state index contributed by atoms with van der Waals surface area (Å²) in [4.78, 5) is 27.8. The van der Waals surface area contributed by atoms with Crippen molar-refractivity contribution in [3.05, 3.63) is 28.2 Å². The van der Waals surface area contributed by atoms with Gasteiger partial charge in [0, 0.05) is 44.8 Å². The zero-order chi connectivity index (χ0) is 17.5. The summed E-state index contributed by atoms with van der Waals surface area (Å²) in [5, 5.41) is 6.82. The van der Waals surface area contributed by atoms with Gasteiger partial charge in [0.05, 0.1) is 16.6 Å². The van der Waals surface area contributed by atoms with Gasteiger partial charge in [-0.15, -0.1) is 12.4 Å². The lowest BCUT2D eigenvalue weighted by molar-refractivity contribution is -0.132. The highest BCUT2D eigenvalue weighted by Crippen LogP contribution is 2.24. The van der Waals surface area contributed by atoms with Gasteiger partial charge in [-0.1, -0.05) is 23.2 Å². The molecule has 140 valence electrons. The molecular weight excluding hydrogens is 387 g/mol. The second-order valence-corrected chi connectivity index (χ2v) is 6.61. The van der Waals surface area contributed by atoms with E-state index in [1.165, 1.54) is 0 Å². The predicted octanol–water partition coefficient (Wildman–Crippen LogP) is 2.11. The minimum absolute atomic E-state index is 0. The topological polar surface area (TPSA) is 64.7 Å². The molecule has 0 bridgehead atoms. The SMILES string of the molecule is CN(CCC(=O)N1CCNCC1)CC(=O)Nc1ccc(Cl)c(Cl)c1.Cl. The number of benzene rings is 1. The Morgan fingerprint density at radius 3 is 2.56 bits per heavy atom. The average Bonchev–Trinajstić information content (AvgIpc) is 2.56. The standard InChI is InChI=1S/C16H22Cl2N4O2.ClH/c1-21(7-4-16(24)22-8-5-19-6-9-22)11-15(23)20-12-2-3-13(17)14(18)10-12;/h2-3,10,19H,4-9,11H2,1H3,(H,20,23);1H. The van der Waals surface area contributed by atoms with E-state index in [-0.39, 0.29) is 30.8 Å². The molecule has 0 aromatic heterocycles. The number of nitrogens with zero attached hydrogens (tertiary/aromatic N) is 2. The largest absolute Gasteiger partial charge is 0.340 e. The molecule has 1 saturated heterocycles. The molecule has 25 heavy (non-hydrogen) atoms. The maximum Gasteiger partial charge on any atom is 0.238 e. The first-order chi connectivity index (χ1) is 11.5. The number of carbonyl (C=O) groups excluding carboxylic acids is 2. The highest BCUT2D eigenvalue weighted by Gasteiger charge is 2.17. The molecule has 0 unspecified atom stereocenters. The number of rotatable bonds is 6. The third kappa shape index (κ3) is 7.38. The molecule has 1 aliphatic rings. The molecule has 1 heterocycles. The van der Waals surface area contributed by atoms with E-state index < -0.39 is 0 Å². The molecule has 6 nitrogen and oxygen atoms in total. The number of anilines is 1. The average molecular weight is 410 g/mol. The summed E-state index contributed by atoms with van der Waals surface area (Å²) < 4.78 is 0. The van der Waals surface area contributed by atoms with E-state index in [9.17, 15) is 9.59 Å². The first-order valence-corrected chi connectivity index (χ1v) is 8.63. The van der Waals surface area contributed by atoms with Gasteiger partial charge in [-0.05, 0) is 25.2 Å². The van der Waals surface area contributed by atoms with Gasteiger partial charge in [-0.25, -0.2) is 0 Å². The van der Waals surface area contributed by atoms with Gasteiger partial charge in [-0.2, -0.15) is 0 Å². The van der Waals surface area contributed by atoms with Gasteiger partial charge >= 0.3 is 0 Å². The number of carbonyl (C=O) groups is 2. The van der Waals surface area contributed by atoms with Crippen molar-refractivity contribution in [2.45, 2.75) is 6.42 Å². The number of amides is 2. The fourth-order valence-electron chi connectivity index (χ4n) is 2.46. The van der Waals surface area contributed by atoms with Gasteiger partial charge in [0.2, 0.25) is 11.8 Å². The zero-order valence-electron chi connectivity index (χ0n) is 14.1. The number of likely N-dealkylation sites (N-methyl/N-ethyl adjacent to an activating group) is 1. The molecule has 0 atom stereocenters. The Bertz CT molecular complexity index is 595. The van der Waals surface area contributed by atoms with Crippen molar-refractivity contribution in [2.75, 3.05) is 51.6 Å². The van der Waals surface area contributed by atoms with E-state index in [2.05, 4.69) is 10.6 Å². The molecule has 2 rings (SSSR count). The summed E-state index contributed by atoms with van der Waals surface area (Å²) in [6.07, 6.45) is 0.413. The molecule has 0 spiro atoms. The Morgan fingerprint density at radius 1 is 1.24 bits per heavy atom. The molecule has 0 aliphatic carbocycles. The van der Waals surface area contributed by atoms with Crippen LogP contribution >= 0.6 is 35.6 Å². The van der Waals surface area contributed by atoms with Crippen molar-refractivity contribution >= 4 is 53.1 Å². The lowest BCUT2D eigenvalue weighted by atomic mass is 10.3. The van der Waals surface area contributed by atoms with E-state index in [0.717, 1.165) is 26.2 Å². The lowest BCUT2D eigenvalue weighted by Gasteiger charge is -2.28. The molecule has 9 heteroatoms. The number of halogens is 3. The zero-order valence-corrected chi connectivity index (χ0v) is 16.4. The van der Waals surface area contributed by atoms with Crippen LogP contribution in [0.25, 0.3) is 0 Å². The first-order valence-electron chi connectivity index (χ1n) is 7.87. The third-order valence-electron chi connectivity index (χ3n) is 3.79. The monoisotopic (exact) mass is 408 g/mol. The van der Waals surface area contributed by atoms with Crippen LogP contribution < -0.4 is 10.6 Å². The van der Waals surface area contributed by atoms with Crippen molar-refractivity contribution < 1.29 is 9.59 Å². The summed E-state index contributed by atoms with van der Waals surface area (Å²) >= 11 is 11.8. The highest BCUT2D eigenvalue weighted by molar-refractivity contribution is 6.42. The Hall–Kier alpha value is -1.05. The summed E-state index contributed by atoms with van der Waals surface area (Å²) in [6, 6.07) is 4.94. The van der Waals surface area contributed by atoms with Crippen molar-refractivity contribution in [3.8, 4) is 0 Å². The number of piperazine rings is 1. The molecule has 1 aromatic carbocycles. The van der Waals surface area contributed by atoms with Gasteiger partial charge in [0.1, 0.15) is 0 Å². The maximum absolute atomic E-state index is 12.1. The van der Waals surface area contributed by atoms with E-state index in [4.69, 9.17) is 23.2 Å². The number of hydrogen-bond donors (Lipinski definition) is 2. The van der Waals surface area contributed by atoms with Crippen LogP contribution in [0.5, 0.6) is 0 Å². The lowest BCUT2D eigenvalue weighted by Crippen LogP contribution is -2.47. The van der Waals surface area contributed by atoms with Crippen LogP contribution in [-0.2, 0) is 9.59 Å². The summed E-state index contributed by atoms with van der Waals surface area (Å²) in [7, 11) is 1.82. The Kier molecular flexibility index (Phi) is 9.53. The molecule has 1 fully saturated rings. The van der Waals surface area contributed by atoms with Crippen LogP contribution in [0.15, 0.2) is 18.2 Å². The summed E-state index contributed by atoms with van der Waals surface area (Å²) in [5.74, 6) is -0.0289. The van der Waals surface area contributed by atoms with Crippen LogP contribution in [0.1, 0.15) is 6.42 Å². The van der Waals surface area contributed by atoms with Crippen molar-refractivity contribution in [1.29, 1.82) is 0 Å².